The Morgan fingerprint density at radius 2 is 2.17 bits per heavy atom. The minimum Gasteiger partial charge on any atom is -0.492 e. The Kier molecular flexibility index (Phi) is 5.62. The number of rotatable bonds is 7. The van der Waals surface area contributed by atoms with Crippen LogP contribution >= 0.6 is 11.6 Å². The topological polar surface area (TPSA) is 93.1 Å². The lowest BCUT2D eigenvalue weighted by atomic mass is 10.0. The molecule has 29 heavy (non-hydrogen) atoms. The Morgan fingerprint density at radius 3 is 2.93 bits per heavy atom. The van der Waals surface area contributed by atoms with Gasteiger partial charge in [0.25, 0.3) is 10.0 Å². The molecule has 0 radical (unpaired) electrons. The molecule has 10 heteroatoms. The SMILES string of the molecule is Cn1cnc(S(=O)(=O)N2CCC(c3cc(CCOc4ccccc4Cl)[nH]n3)C2)c1. The molecule has 1 aliphatic rings. The minimum atomic E-state index is -3.57. The van der Waals surface area contributed by atoms with E-state index in [-0.39, 0.29) is 10.9 Å². The van der Waals surface area contributed by atoms with Crippen LogP contribution < -0.4 is 4.74 Å². The maximum Gasteiger partial charge on any atom is 0.262 e. The third-order valence-electron chi connectivity index (χ3n) is 4.97. The molecule has 0 saturated carbocycles. The van der Waals surface area contributed by atoms with Crippen LogP contribution in [0.1, 0.15) is 23.7 Å². The van der Waals surface area contributed by atoms with E-state index >= 15 is 0 Å². The lowest BCUT2D eigenvalue weighted by molar-refractivity contribution is 0.320. The highest BCUT2D eigenvalue weighted by Gasteiger charge is 2.35. The molecule has 154 valence electrons. The minimum absolute atomic E-state index is 0.0583. The van der Waals surface area contributed by atoms with E-state index in [1.165, 1.54) is 16.8 Å². The molecule has 1 N–H and O–H groups in total. The number of aromatic nitrogens is 4. The molecular formula is C19H22ClN5O3S. The van der Waals surface area contributed by atoms with E-state index in [0.29, 0.717) is 36.9 Å². The smallest absolute Gasteiger partial charge is 0.262 e. The number of nitrogens with one attached hydrogen (secondary N) is 1. The number of halogens is 1. The zero-order chi connectivity index (χ0) is 20.4. The predicted molar refractivity (Wildman–Crippen MR) is 109 cm³/mol. The number of imidazole rings is 1. The quantitative estimate of drug-likeness (QED) is 0.615. The number of aromatic amines is 1. The van der Waals surface area contributed by atoms with Crippen LogP contribution in [0.2, 0.25) is 5.02 Å². The third kappa shape index (κ3) is 4.31. The van der Waals surface area contributed by atoms with Crippen molar-refractivity contribution in [3.8, 4) is 5.75 Å². The summed E-state index contributed by atoms with van der Waals surface area (Å²) in [6.45, 7) is 1.33. The Hall–Kier alpha value is -2.36. The zero-order valence-electron chi connectivity index (χ0n) is 16.0. The van der Waals surface area contributed by atoms with Gasteiger partial charge in [0.2, 0.25) is 0 Å². The summed E-state index contributed by atoms with van der Waals surface area (Å²) in [5.74, 6) is 0.711. The first-order valence-electron chi connectivity index (χ1n) is 9.33. The highest BCUT2D eigenvalue weighted by Crippen LogP contribution is 2.30. The van der Waals surface area contributed by atoms with Crippen LogP contribution in [-0.4, -0.2) is 52.2 Å². The predicted octanol–water partition coefficient (Wildman–Crippen LogP) is 2.60. The summed E-state index contributed by atoms with van der Waals surface area (Å²) in [7, 11) is -1.82. The van der Waals surface area contributed by atoms with Crippen molar-refractivity contribution in [1.29, 1.82) is 0 Å². The highest BCUT2D eigenvalue weighted by molar-refractivity contribution is 7.89. The summed E-state index contributed by atoms with van der Waals surface area (Å²) in [5, 5.41) is 8.08. The molecule has 0 bridgehead atoms. The lowest BCUT2D eigenvalue weighted by Crippen LogP contribution is -2.29. The van der Waals surface area contributed by atoms with Gasteiger partial charge in [0.1, 0.15) is 5.75 Å². The second-order valence-electron chi connectivity index (χ2n) is 7.07. The molecule has 1 atom stereocenters. The van der Waals surface area contributed by atoms with Crippen molar-refractivity contribution in [3.63, 3.8) is 0 Å². The second kappa shape index (κ2) is 8.17. The Labute approximate surface area is 174 Å². The van der Waals surface area contributed by atoms with Crippen molar-refractivity contribution in [1.82, 2.24) is 24.1 Å². The molecule has 1 saturated heterocycles. The van der Waals surface area contributed by atoms with Gasteiger partial charge in [-0.05, 0) is 24.6 Å². The number of aryl methyl sites for hydroxylation is 1. The molecule has 0 amide bonds. The van der Waals surface area contributed by atoms with E-state index in [1.807, 2.05) is 24.3 Å². The van der Waals surface area contributed by atoms with E-state index in [9.17, 15) is 8.42 Å². The average Bonchev–Trinajstić information content (AvgIpc) is 3.43. The molecule has 0 aliphatic carbocycles. The number of H-pyrrole nitrogens is 1. The van der Waals surface area contributed by atoms with Crippen molar-refractivity contribution in [2.24, 2.45) is 7.05 Å². The first-order valence-corrected chi connectivity index (χ1v) is 11.1. The van der Waals surface area contributed by atoms with E-state index in [2.05, 4.69) is 15.2 Å². The molecule has 1 aromatic carbocycles. The van der Waals surface area contributed by atoms with Crippen LogP contribution in [0.5, 0.6) is 5.75 Å². The fourth-order valence-electron chi connectivity index (χ4n) is 3.39. The van der Waals surface area contributed by atoms with Gasteiger partial charge in [0, 0.05) is 44.4 Å². The Bertz CT molecular complexity index is 1090. The van der Waals surface area contributed by atoms with Gasteiger partial charge in [0.05, 0.1) is 23.7 Å². The van der Waals surface area contributed by atoms with Gasteiger partial charge in [0.15, 0.2) is 5.03 Å². The van der Waals surface area contributed by atoms with Crippen LogP contribution in [0.3, 0.4) is 0 Å². The summed E-state index contributed by atoms with van der Waals surface area (Å²) >= 11 is 6.09. The van der Waals surface area contributed by atoms with E-state index in [4.69, 9.17) is 16.3 Å². The van der Waals surface area contributed by atoms with Gasteiger partial charge < -0.3 is 9.30 Å². The molecular weight excluding hydrogens is 414 g/mol. The van der Waals surface area contributed by atoms with Crippen molar-refractivity contribution < 1.29 is 13.2 Å². The van der Waals surface area contributed by atoms with E-state index in [0.717, 1.165) is 17.8 Å². The summed E-state index contributed by atoms with van der Waals surface area (Å²) in [6, 6.07) is 9.33. The summed E-state index contributed by atoms with van der Waals surface area (Å²) in [4.78, 5) is 3.99. The number of nitrogens with zero attached hydrogens (tertiary/aromatic N) is 4. The Balaban J connectivity index is 1.35. The molecule has 8 nitrogen and oxygen atoms in total. The monoisotopic (exact) mass is 435 g/mol. The summed E-state index contributed by atoms with van der Waals surface area (Å²) in [5.41, 5.74) is 1.81. The molecule has 2 aromatic heterocycles. The van der Waals surface area contributed by atoms with Crippen molar-refractivity contribution >= 4 is 21.6 Å². The van der Waals surface area contributed by atoms with Gasteiger partial charge in [-0.15, -0.1) is 0 Å². The van der Waals surface area contributed by atoms with Crippen LogP contribution in [0, 0.1) is 0 Å². The van der Waals surface area contributed by atoms with Gasteiger partial charge in [-0.25, -0.2) is 13.4 Å². The number of ether oxygens (including phenoxy) is 1. The van der Waals surface area contributed by atoms with Gasteiger partial charge >= 0.3 is 0 Å². The number of sulfonamides is 1. The molecule has 0 spiro atoms. The molecule has 1 unspecified atom stereocenters. The first kappa shape index (κ1) is 19.9. The molecule has 1 aliphatic heterocycles. The number of para-hydroxylation sites is 1. The van der Waals surface area contributed by atoms with Crippen molar-refractivity contribution in [2.45, 2.75) is 23.8 Å². The Morgan fingerprint density at radius 1 is 1.34 bits per heavy atom. The molecule has 3 aromatic rings. The fraction of sp³-hybridized carbons (Fsp3) is 0.368. The normalized spacial score (nSPS) is 17.7. The maximum absolute atomic E-state index is 12.7. The number of benzene rings is 1. The van der Waals surface area contributed by atoms with E-state index in [1.54, 1.807) is 17.7 Å². The third-order valence-corrected chi connectivity index (χ3v) is 7.03. The highest BCUT2D eigenvalue weighted by atomic mass is 35.5. The van der Waals surface area contributed by atoms with Crippen LogP contribution in [0.25, 0.3) is 0 Å². The standard InChI is InChI=1S/C19H22ClN5O3S/c1-24-12-19(21-13-24)29(26,27)25-8-6-14(11-25)17-10-15(22-23-17)7-9-28-18-5-3-2-4-16(18)20/h2-5,10,12-14H,6-9,11H2,1H3,(H,22,23). The van der Waals surface area contributed by atoms with Crippen LogP contribution in [0.15, 0.2) is 47.9 Å². The maximum atomic E-state index is 12.7. The zero-order valence-corrected chi connectivity index (χ0v) is 17.5. The van der Waals surface area contributed by atoms with Crippen LogP contribution in [-0.2, 0) is 23.5 Å². The van der Waals surface area contributed by atoms with Gasteiger partial charge in [-0.2, -0.15) is 9.40 Å². The molecule has 3 heterocycles. The molecule has 4 rings (SSSR count). The van der Waals surface area contributed by atoms with Crippen LogP contribution in [0.4, 0.5) is 0 Å². The lowest BCUT2D eigenvalue weighted by Gasteiger charge is -2.14. The van der Waals surface area contributed by atoms with Crippen molar-refractivity contribution in [3.05, 3.63) is 59.3 Å². The molecule has 1 fully saturated rings. The van der Waals surface area contributed by atoms with Gasteiger partial charge in [-0.3, -0.25) is 5.10 Å². The number of hydrogen-bond acceptors (Lipinski definition) is 5. The van der Waals surface area contributed by atoms with Crippen molar-refractivity contribution in [2.75, 3.05) is 19.7 Å². The van der Waals surface area contributed by atoms with E-state index < -0.39 is 10.0 Å². The average molecular weight is 436 g/mol. The van der Waals surface area contributed by atoms with Gasteiger partial charge in [-0.1, -0.05) is 23.7 Å². The fourth-order valence-corrected chi connectivity index (χ4v) is 5.05. The summed E-state index contributed by atoms with van der Waals surface area (Å²) < 4.78 is 34.3. The summed E-state index contributed by atoms with van der Waals surface area (Å²) in [6.07, 6.45) is 4.40. The second-order valence-corrected chi connectivity index (χ2v) is 9.36. The largest absolute Gasteiger partial charge is 0.492 e. The first-order chi connectivity index (χ1) is 13.9. The number of hydrogen-bond donors (Lipinski definition) is 1.